The Labute approximate surface area is 124 Å². The van der Waals surface area contributed by atoms with Crippen molar-refractivity contribution in [2.75, 3.05) is 11.9 Å². The zero-order chi connectivity index (χ0) is 14.0. The molecule has 0 unspecified atom stereocenters. The highest BCUT2D eigenvalue weighted by Crippen LogP contribution is 2.42. The Morgan fingerprint density at radius 3 is 2.47 bits per heavy atom. The highest BCUT2D eigenvalue weighted by atomic mass is 79.9. The Morgan fingerprint density at radius 2 is 2.00 bits per heavy atom. The van der Waals surface area contributed by atoms with Gasteiger partial charge in [-0.2, -0.15) is 0 Å². The molecule has 1 aromatic rings. The van der Waals surface area contributed by atoms with Crippen molar-refractivity contribution in [2.45, 2.75) is 27.3 Å². The second kappa shape index (κ2) is 5.66. The van der Waals surface area contributed by atoms with Gasteiger partial charge in [-0.05, 0) is 11.5 Å². The Kier molecular flexibility index (Phi) is 4.34. The average molecular weight is 324 g/mol. The topological polar surface area (TPSA) is 20.3 Å². The van der Waals surface area contributed by atoms with Gasteiger partial charge in [0.25, 0.3) is 0 Å². The minimum atomic E-state index is 0.0417. The normalized spacial score (nSPS) is 27.3. The molecule has 0 N–H and O–H groups in total. The minimum Gasteiger partial charge on any atom is -0.338 e. The van der Waals surface area contributed by atoms with Crippen molar-refractivity contribution in [1.82, 2.24) is 4.90 Å². The van der Waals surface area contributed by atoms with Crippen molar-refractivity contribution >= 4 is 21.8 Å². The second-order valence-corrected chi connectivity index (χ2v) is 6.75. The molecule has 0 bridgehead atoms. The van der Waals surface area contributed by atoms with E-state index in [4.69, 9.17) is 0 Å². The molecule has 2 nitrogen and oxygen atoms in total. The van der Waals surface area contributed by atoms with E-state index in [2.05, 4.69) is 48.8 Å². The molecule has 2 atom stereocenters. The molecule has 1 amide bonds. The monoisotopic (exact) mass is 323 g/mol. The first-order chi connectivity index (χ1) is 8.98. The Balaban J connectivity index is 2.18. The molecule has 0 aromatic heterocycles. The third-order valence-corrected chi connectivity index (χ3v) is 5.35. The quantitative estimate of drug-likeness (QED) is 0.773. The van der Waals surface area contributed by atoms with Crippen LogP contribution in [0.25, 0.3) is 0 Å². The van der Waals surface area contributed by atoms with E-state index >= 15 is 0 Å². The van der Waals surface area contributed by atoms with Gasteiger partial charge in [0.2, 0.25) is 5.91 Å². The van der Waals surface area contributed by atoms with Crippen LogP contribution in [0.1, 0.15) is 26.3 Å². The van der Waals surface area contributed by atoms with Crippen LogP contribution in [0, 0.1) is 17.3 Å². The Bertz CT molecular complexity index is 445. The van der Waals surface area contributed by atoms with Crippen LogP contribution < -0.4 is 0 Å². The summed E-state index contributed by atoms with van der Waals surface area (Å²) in [5.41, 5.74) is 1.25. The minimum absolute atomic E-state index is 0.0417. The molecule has 104 valence electrons. The second-order valence-electron chi connectivity index (χ2n) is 6.19. The van der Waals surface area contributed by atoms with Crippen LogP contribution in [0.15, 0.2) is 30.3 Å². The summed E-state index contributed by atoms with van der Waals surface area (Å²) in [7, 11) is 0. The molecule has 0 spiro atoms. The molecule has 1 fully saturated rings. The molecule has 1 aliphatic heterocycles. The number of likely N-dealkylation sites (tertiary alicyclic amines) is 1. The fraction of sp³-hybridized carbons (Fsp3) is 0.562. The molecule has 1 aliphatic rings. The van der Waals surface area contributed by atoms with Crippen molar-refractivity contribution in [1.29, 1.82) is 0 Å². The maximum Gasteiger partial charge on any atom is 0.226 e. The first-order valence-electron chi connectivity index (χ1n) is 6.86. The molecule has 19 heavy (non-hydrogen) atoms. The van der Waals surface area contributed by atoms with Crippen LogP contribution in [0.4, 0.5) is 0 Å². The van der Waals surface area contributed by atoms with E-state index in [0.717, 1.165) is 18.4 Å². The number of rotatable bonds is 4. The summed E-state index contributed by atoms with van der Waals surface area (Å²) in [4.78, 5) is 14.6. The smallest absolute Gasteiger partial charge is 0.226 e. The molecular weight excluding hydrogens is 302 g/mol. The third-order valence-electron chi connectivity index (χ3n) is 4.07. The summed E-state index contributed by atoms with van der Waals surface area (Å²) in [5.74, 6) is 0.812. The van der Waals surface area contributed by atoms with Gasteiger partial charge in [0, 0.05) is 29.8 Å². The number of alkyl halides is 1. The number of hydrogen-bond donors (Lipinski definition) is 0. The van der Waals surface area contributed by atoms with Gasteiger partial charge < -0.3 is 4.90 Å². The van der Waals surface area contributed by atoms with Crippen LogP contribution in [0.5, 0.6) is 0 Å². The Hall–Kier alpha value is -0.830. The SMILES string of the molecule is CC(C)[C@@H]1C(=O)N(Cc2ccccc2)C[C@@]1(C)CBr. The predicted molar refractivity (Wildman–Crippen MR) is 82.1 cm³/mol. The van der Waals surface area contributed by atoms with Gasteiger partial charge in [0.1, 0.15) is 0 Å². The third kappa shape index (κ3) is 2.86. The standard InChI is InChI=1S/C16H22BrNO/c1-12(2)14-15(19)18(11-16(14,3)10-17)9-13-7-5-4-6-8-13/h4-8,12,14H,9-11H2,1-3H3/t14-,16-/m1/s1. The number of benzene rings is 1. The van der Waals surface area contributed by atoms with E-state index in [0.29, 0.717) is 11.8 Å². The lowest BCUT2D eigenvalue weighted by atomic mass is 9.75. The van der Waals surface area contributed by atoms with Gasteiger partial charge >= 0.3 is 0 Å². The van der Waals surface area contributed by atoms with Crippen molar-refractivity contribution in [3.63, 3.8) is 0 Å². The number of amides is 1. The first-order valence-corrected chi connectivity index (χ1v) is 7.99. The zero-order valence-corrected chi connectivity index (χ0v) is 13.5. The number of halogens is 1. The van der Waals surface area contributed by atoms with E-state index in [9.17, 15) is 4.79 Å². The molecule has 1 aromatic carbocycles. The molecular formula is C16H22BrNO. The summed E-state index contributed by atoms with van der Waals surface area (Å²) < 4.78 is 0. The number of carbonyl (C=O) groups excluding carboxylic acids is 1. The highest BCUT2D eigenvalue weighted by Gasteiger charge is 2.49. The van der Waals surface area contributed by atoms with Gasteiger partial charge in [0.05, 0.1) is 0 Å². The maximum absolute atomic E-state index is 12.6. The van der Waals surface area contributed by atoms with Gasteiger partial charge in [-0.3, -0.25) is 4.79 Å². The molecule has 1 heterocycles. The zero-order valence-electron chi connectivity index (χ0n) is 11.9. The molecule has 0 saturated carbocycles. The summed E-state index contributed by atoms with van der Waals surface area (Å²) in [6.07, 6.45) is 0. The lowest BCUT2D eigenvalue weighted by Crippen LogP contribution is -2.33. The van der Waals surface area contributed by atoms with E-state index in [-0.39, 0.29) is 11.3 Å². The molecule has 2 rings (SSSR count). The maximum atomic E-state index is 12.6. The average Bonchev–Trinajstić information content (AvgIpc) is 2.63. The van der Waals surface area contributed by atoms with Crippen LogP contribution in [0.2, 0.25) is 0 Å². The highest BCUT2D eigenvalue weighted by molar-refractivity contribution is 9.09. The van der Waals surface area contributed by atoms with Crippen molar-refractivity contribution in [3.8, 4) is 0 Å². The summed E-state index contributed by atoms with van der Waals surface area (Å²) >= 11 is 3.60. The van der Waals surface area contributed by atoms with Crippen molar-refractivity contribution < 1.29 is 4.79 Å². The van der Waals surface area contributed by atoms with Gasteiger partial charge in [-0.25, -0.2) is 0 Å². The van der Waals surface area contributed by atoms with E-state index in [1.54, 1.807) is 0 Å². The van der Waals surface area contributed by atoms with E-state index < -0.39 is 0 Å². The lowest BCUT2D eigenvalue weighted by Gasteiger charge is -2.29. The first kappa shape index (κ1) is 14.6. The lowest BCUT2D eigenvalue weighted by molar-refractivity contribution is -0.133. The van der Waals surface area contributed by atoms with Gasteiger partial charge in [-0.1, -0.05) is 67.0 Å². The number of nitrogens with zero attached hydrogens (tertiary/aromatic N) is 1. The fourth-order valence-corrected chi connectivity index (χ4v) is 3.79. The molecule has 0 aliphatic carbocycles. The van der Waals surface area contributed by atoms with Crippen molar-refractivity contribution in [2.24, 2.45) is 17.3 Å². The van der Waals surface area contributed by atoms with Crippen LogP contribution in [-0.4, -0.2) is 22.7 Å². The Morgan fingerprint density at radius 1 is 1.37 bits per heavy atom. The molecule has 1 saturated heterocycles. The van der Waals surface area contributed by atoms with E-state index in [1.165, 1.54) is 5.56 Å². The number of hydrogen-bond acceptors (Lipinski definition) is 1. The van der Waals surface area contributed by atoms with Crippen LogP contribution in [-0.2, 0) is 11.3 Å². The summed E-state index contributed by atoms with van der Waals surface area (Å²) in [6.45, 7) is 8.08. The predicted octanol–water partition coefficient (Wildman–Crippen LogP) is 3.70. The summed E-state index contributed by atoms with van der Waals surface area (Å²) in [6, 6.07) is 10.2. The molecule has 3 heteroatoms. The van der Waals surface area contributed by atoms with Gasteiger partial charge in [0.15, 0.2) is 0 Å². The van der Waals surface area contributed by atoms with Crippen molar-refractivity contribution in [3.05, 3.63) is 35.9 Å². The van der Waals surface area contributed by atoms with Crippen LogP contribution in [0.3, 0.4) is 0 Å². The van der Waals surface area contributed by atoms with Crippen LogP contribution >= 0.6 is 15.9 Å². The summed E-state index contributed by atoms with van der Waals surface area (Å²) in [5, 5.41) is 0.875. The molecule has 0 radical (unpaired) electrons. The fourth-order valence-electron chi connectivity index (χ4n) is 3.26. The van der Waals surface area contributed by atoms with Gasteiger partial charge in [-0.15, -0.1) is 0 Å². The number of carbonyl (C=O) groups is 1. The van der Waals surface area contributed by atoms with E-state index in [1.807, 2.05) is 23.1 Å². The largest absolute Gasteiger partial charge is 0.338 e.